The number of hydrogen-bond donors (Lipinski definition) is 1. The SMILES string of the molecule is [CH2]C(=O)Nc1ccc2ncn(CCCc3ccccc3)c(=O)c2c1. The number of nitrogens with one attached hydrogen (secondary N) is 1. The highest BCUT2D eigenvalue weighted by atomic mass is 16.1. The Morgan fingerprint density at radius 2 is 1.96 bits per heavy atom. The number of carbonyl (C=O) groups is 1. The Labute approximate surface area is 140 Å². The largest absolute Gasteiger partial charge is 0.326 e. The molecule has 0 aliphatic rings. The molecule has 0 bridgehead atoms. The molecule has 0 unspecified atom stereocenters. The van der Waals surface area contributed by atoms with Gasteiger partial charge in [0.1, 0.15) is 0 Å². The number of fused-ring (bicyclic) bond motifs is 1. The molecule has 0 aliphatic heterocycles. The average Bonchev–Trinajstić information content (AvgIpc) is 2.58. The summed E-state index contributed by atoms with van der Waals surface area (Å²) in [6.45, 7) is 3.87. The van der Waals surface area contributed by atoms with Gasteiger partial charge in [0, 0.05) is 19.2 Å². The fraction of sp³-hybridized carbons (Fsp3) is 0.158. The van der Waals surface area contributed by atoms with Gasteiger partial charge >= 0.3 is 0 Å². The second-order valence-corrected chi connectivity index (χ2v) is 5.61. The van der Waals surface area contributed by atoms with E-state index in [4.69, 9.17) is 0 Å². The molecule has 0 fully saturated rings. The van der Waals surface area contributed by atoms with Gasteiger partial charge in [-0.25, -0.2) is 4.98 Å². The van der Waals surface area contributed by atoms with Crippen molar-refractivity contribution in [3.05, 3.63) is 77.7 Å². The van der Waals surface area contributed by atoms with Crippen molar-refractivity contribution in [3.63, 3.8) is 0 Å². The zero-order chi connectivity index (χ0) is 16.9. The number of hydrogen-bond acceptors (Lipinski definition) is 3. The van der Waals surface area contributed by atoms with Crippen LogP contribution < -0.4 is 10.9 Å². The first-order valence-electron chi connectivity index (χ1n) is 7.79. The van der Waals surface area contributed by atoms with Crippen molar-refractivity contribution in [2.75, 3.05) is 5.32 Å². The minimum Gasteiger partial charge on any atom is -0.326 e. The molecule has 1 N–H and O–H groups in total. The third kappa shape index (κ3) is 3.68. The predicted molar refractivity (Wildman–Crippen MR) is 94.8 cm³/mol. The lowest BCUT2D eigenvalue weighted by molar-refractivity contribution is -0.112. The third-order valence-electron chi connectivity index (χ3n) is 3.82. The van der Waals surface area contributed by atoms with Crippen molar-refractivity contribution in [2.24, 2.45) is 0 Å². The molecule has 24 heavy (non-hydrogen) atoms. The average molecular weight is 320 g/mol. The van der Waals surface area contributed by atoms with Crippen LogP contribution in [0.1, 0.15) is 12.0 Å². The molecule has 5 nitrogen and oxygen atoms in total. The second kappa shape index (κ2) is 7.08. The van der Waals surface area contributed by atoms with Crippen molar-refractivity contribution in [3.8, 4) is 0 Å². The summed E-state index contributed by atoms with van der Waals surface area (Å²) >= 11 is 0. The molecule has 3 rings (SSSR count). The normalized spacial score (nSPS) is 10.7. The molecule has 121 valence electrons. The van der Waals surface area contributed by atoms with Gasteiger partial charge in [-0.05, 0) is 36.6 Å². The van der Waals surface area contributed by atoms with Crippen molar-refractivity contribution < 1.29 is 4.79 Å². The topological polar surface area (TPSA) is 64.0 Å². The Kier molecular flexibility index (Phi) is 4.70. The van der Waals surface area contributed by atoms with Gasteiger partial charge in [-0.1, -0.05) is 30.3 Å². The highest BCUT2D eigenvalue weighted by Gasteiger charge is 2.06. The molecule has 1 heterocycles. The summed E-state index contributed by atoms with van der Waals surface area (Å²) in [6, 6.07) is 15.2. The Hall–Kier alpha value is -2.95. The van der Waals surface area contributed by atoms with Crippen LogP contribution in [0, 0.1) is 6.92 Å². The third-order valence-corrected chi connectivity index (χ3v) is 3.82. The van der Waals surface area contributed by atoms with E-state index in [1.165, 1.54) is 5.56 Å². The molecule has 0 saturated heterocycles. The fourth-order valence-corrected chi connectivity index (χ4v) is 2.66. The maximum atomic E-state index is 12.6. The van der Waals surface area contributed by atoms with Crippen LogP contribution in [0.3, 0.4) is 0 Å². The lowest BCUT2D eigenvalue weighted by Crippen LogP contribution is -2.21. The van der Waals surface area contributed by atoms with E-state index in [2.05, 4.69) is 29.4 Å². The second-order valence-electron chi connectivity index (χ2n) is 5.61. The maximum Gasteiger partial charge on any atom is 0.261 e. The van der Waals surface area contributed by atoms with E-state index in [0.717, 1.165) is 12.8 Å². The number of benzene rings is 2. The van der Waals surface area contributed by atoms with Gasteiger partial charge in [-0.3, -0.25) is 14.2 Å². The molecular weight excluding hydrogens is 302 g/mol. The van der Waals surface area contributed by atoms with Crippen LogP contribution in [-0.4, -0.2) is 15.5 Å². The summed E-state index contributed by atoms with van der Waals surface area (Å²) < 4.78 is 1.61. The predicted octanol–water partition coefficient (Wildman–Crippen LogP) is 2.80. The first-order valence-corrected chi connectivity index (χ1v) is 7.79. The zero-order valence-electron chi connectivity index (χ0n) is 13.2. The smallest absolute Gasteiger partial charge is 0.261 e. The van der Waals surface area contributed by atoms with Crippen LogP contribution in [-0.2, 0) is 17.8 Å². The molecular formula is C19H18N3O2. The van der Waals surface area contributed by atoms with Gasteiger partial charge in [0.15, 0.2) is 0 Å². The summed E-state index contributed by atoms with van der Waals surface area (Å²) in [6.07, 6.45) is 3.34. The lowest BCUT2D eigenvalue weighted by Gasteiger charge is -2.08. The van der Waals surface area contributed by atoms with E-state index < -0.39 is 5.91 Å². The Morgan fingerprint density at radius 3 is 2.71 bits per heavy atom. The number of rotatable bonds is 5. The van der Waals surface area contributed by atoms with Crippen molar-refractivity contribution in [1.82, 2.24) is 9.55 Å². The van der Waals surface area contributed by atoms with Crippen LogP contribution in [0.4, 0.5) is 5.69 Å². The standard InChI is InChI=1S/C19H18N3O2/c1-14(23)21-16-9-10-18-17(12-16)19(24)22(13-20-18)11-5-8-15-6-3-2-4-7-15/h2-4,6-7,9-10,12-13H,1,5,8,11H2,(H,21,23). The van der Waals surface area contributed by atoms with Crippen LogP contribution in [0.15, 0.2) is 59.7 Å². The minimum absolute atomic E-state index is 0.103. The summed E-state index contributed by atoms with van der Waals surface area (Å²) in [7, 11) is 0. The van der Waals surface area contributed by atoms with E-state index in [-0.39, 0.29) is 5.56 Å². The van der Waals surface area contributed by atoms with Gasteiger partial charge in [0.05, 0.1) is 17.2 Å². The van der Waals surface area contributed by atoms with Gasteiger partial charge in [-0.2, -0.15) is 0 Å². The van der Waals surface area contributed by atoms with Crippen LogP contribution in [0.2, 0.25) is 0 Å². The highest BCUT2D eigenvalue weighted by Crippen LogP contribution is 2.14. The fourth-order valence-electron chi connectivity index (χ4n) is 2.66. The van der Waals surface area contributed by atoms with Crippen LogP contribution in [0.5, 0.6) is 0 Å². The molecule has 0 saturated carbocycles. The molecule has 0 spiro atoms. The molecule has 1 radical (unpaired) electrons. The number of amides is 1. The first kappa shape index (κ1) is 15.9. The van der Waals surface area contributed by atoms with E-state index in [1.54, 1.807) is 29.1 Å². The number of aromatic nitrogens is 2. The van der Waals surface area contributed by atoms with Crippen LogP contribution >= 0.6 is 0 Å². The lowest BCUT2D eigenvalue weighted by atomic mass is 10.1. The molecule has 5 heteroatoms. The summed E-state index contributed by atoms with van der Waals surface area (Å²) in [5, 5.41) is 3.07. The van der Waals surface area contributed by atoms with Crippen molar-refractivity contribution in [2.45, 2.75) is 19.4 Å². The first-order chi connectivity index (χ1) is 11.6. The van der Waals surface area contributed by atoms with Gasteiger partial charge in [0.2, 0.25) is 5.91 Å². The monoisotopic (exact) mass is 320 g/mol. The molecule has 0 aliphatic carbocycles. The van der Waals surface area contributed by atoms with E-state index in [1.807, 2.05) is 18.2 Å². The Bertz CT molecular complexity index is 917. The highest BCUT2D eigenvalue weighted by molar-refractivity contribution is 5.95. The van der Waals surface area contributed by atoms with Gasteiger partial charge < -0.3 is 5.32 Å². The molecule has 1 amide bonds. The molecule has 2 aromatic carbocycles. The summed E-state index contributed by atoms with van der Waals surface area (Å²) in [5.74, 6) is -0.415. The van der Waals surface area contributed by atoms with Crippen molar-refractivity contribution in [1.29, 1.82) is 0 Å². The summed E-state index contributed by atoms with van der Waals surface area (Å²) in [4.78, 5) is 28.0. The van der Waals surface area contributed by atoms with Gasteiger partial charge in [0.25, 0.3) is 5.56 Å². The quantitative estimate of drug-likeness (QED) is 0.786. The Morgan fingerprint density at radius 1 is 1.17 bits per heavy atom. The number of aryl methyl sites for hydroxylation is 2. The summed E-state index contributed by atoms with van der Waals surface area (Å²) in [5.41, 5.74) is 2.30. The van der Waals surface area contributed by atoms with E-state index >= 15 is 0 Å². The Balaban J connectivity index is 1.79. The maximum absolute atomic E-state index is 12.6. The number of anilines is 1. The minimum atomic E-state index is -0.415. The number of carbonyl (C=O) groups excluding carboxylic acids is 1. The molecule has 1 aromatic heterocycles. The van der Waals surface area contributed by atoms with E-state index in [9.17, 15) is 9.59 Å². The molecule has 3 aromatic rings. The van der Waals surface area contributed by atoms with Gasteiger partial charge in [-0.15, -0.1) is 0 Å². The number of nitrogens with zero attached hydrogens (tertiary/aromatic N) is 2. The van der Waals surface area contributed by atoms with Crippen LogP contribution in [0.25, 0.3) is 10.9 Å². The van der Waals surface area contributed by atoms with Crippen molar-refractivity contribution >= 4 is 22.5 Å². The molecule has 0 atom stereocenters. The van der Waals surface area contributed by atoms with E-state index in [0.29, 0.717) is 23.1 Å². The zero-order valence-corrected chi connectivity index (χ0v) is 13.2.